The second kappa shape index (κ2) is 17.8. The highest BCUT2D eigenvalue weighted by Crippen LogP contribution is 2.26. The predicted molar refractivity (Wildman–Crippen MR) is 263 cm³/mol. The van der Waals surface area contributed by atoms with Gasteiger partial charge in [-0.1, -0.05) is 278 Å². The molecule has 0 aliphatic rings. The molecule has 0 nitrogen and oxygen atoms in total. The van der Waals surface area contributed by atoms with E-state index in [0.29, 0.717) is 0 Å². The van der Waals surface area contributed by atoms with Crippen LogP contribution >= 0.6 is 0 Å². The fourth-order valence-corrected chi connectivity index (χ4v) is 17.0. The molecule has 0 bridgehead atoms. The van der Waals surface area contributed by atoms with Crippen molar-refractivity contribution in [1.82, 2.24) is 0 Å². The summed E-state index contributed by atoms with van der Waals surface area (Å²) in [5.74, 6) is 0. The Kier molecular flexibility index (Phi) is 11.4. The fraction of sp³-hybridized carbons (Fsp3) is 0. The molecule has 2 heteroatoms. The summed E-state index contributed by atoms with van der Waals surface area (Å²) in [5, 5.41) is 8.25. The van der Waals surface area contributed by atoms with Crippen molar-refractivity contribution in [3.05, 3.63) is 277 Å². The van der Waals surface area contributed by atoms with Crippen molar-refractivity contribution in [2.45, 2.75) is 0 Å². The van der Waals surface area contributed by atoms with Crippen LogP contribution in [0.2, 0.25) is 0 Å². The summed E-state index contributed by atoms with van der Waals surface area (Å²) >= 11 is 0. The van der Waals surface area contributed by atoms with E-state index in [1.165, 1.54) is 64.5 Å². The van der Waals surface area contributed by atoms with Gasteiger partial charge in [0.25, 0.3) is 0 Å². The van der Waals surface area contributed by atoms with Crippen molar-refractivity contribution in [2.24, 2.45) is 0 Å². The first kappa shape index (κ1) is 38.4. The van der Waals surface area contributed by atoms with Crippen molar-refractivity contribution in [3.8, 4) is 22.3 Å². The Morgan fingerprint density at radius 2 is 0.383 bits per heavy atom. The van der Waals surface area contributed by atoms with E-state index in [9.17, 15) is 0 Å². The van der Waals surface area contributed by atoms with Crippen LogP contribution in [-0.4, -0.2) is 16.1 Å². The largest absolute Gasteiger partial charge is 0.172 e. The van der Waals surface area contributed by atoms with Crippen molar-refractivity contribution < 1.29 is 0 Å². The fourth-order valence-electron chi connectivity index (χ4n) is 8.65. The third kappa shape index (κ3) is 7.87. The molecule has 0 unspecified atom stereocenters. The molecule has 9 aromatic rings. The van der Waals surface area contributed by atoms with Gasteiger partial charge in [0.1, 0.15) is 0 Å². The molecule has 9 aromatic carbocycles. The lowest BCUT2D eigenvalue weighted by Crippen LogP contribution is -2.66. The molecule has 0 N–H and O–H groups in total. The smallest absolute Gasteiger partial charge is 0.0812 e. The number of benzene rings is 9. The molecule has 0 radical (unpaired) electrons. The molecule has 0 fully saturated rings. The van der Waals surface area contributed by atoms with E-state index < -0.39 is 16.1 Å². The summed E-state index contributed by atoms with van der Waals surface area (Å²) in [6, 6.07) is 93.2. The molecule has 0 spiro atoms. The summed E-state index contributed by atoms with van der Waals surface area (Å²) in [6.07, 6.45) is 4.66. The van der Waals surface area contributed by atoms with E-state index in [2.05, 4.69) is 278 Å². The standard InChI is InChI=1S/C58H46Si2/c1-7-19-53(20-8-1)59(54-21-9-2-10-22-54,55-23-11-3-12-24-55)45-43-47-31-35-49(36-32-47)51-39-41-52(42-40-51)50-37-33-48(34-38-50)44-46-60(56-25-13-4-14-26-56,57-27-15-5-16-28-57)58-29-17-6-18-30-58/h1-46H/b45-43+,46-44+. The summed E-state index contributed by atoms with van der Waals surface area (Å²) in [5.41, 5.74) is 12.2. The van der Waals surface area contributed by atoms with E-state index in [-0.39, 0.29) is 0 Å². The van der Waals surface area contributed by atoms with Crippen molar-refractivity contribution >= 4 is 59.4 Å². The van der Waals surface area contributed by atoms with Crippen molar-refractivity contribution in [2.75, 3.05) is 0 Å². The van der Waals surface area contributed by atoms with Crippen LogP contribution < -0.4 is 31.1 Å². The van der Waals surface area contributed by atoms with Crippen LogP contribution in [0.1, 0.15) is 11.1 Å². The van der Waals surface area contributed by atoms with E-state index in [1.54, 1.807) is 0 Å². The lowest BCUT2D eigenvalue weighted by atomic mass is 9.99. The molecule has 0 saturated heterocycles. The molecule has 0 heterocycles. The Morgan fingerprint density at radius 1 is 0.200 bits per heavy atom. The van der Waals surface area contributed by atoms with Gasteiger partial charge in [-0.15, -0.1) is 0 Å². The molecule has 0 aliphatic heterocycles. The van der Waals surface area contributed by atoms with Gasteiger partial charge in [0.15, 0.2) is 16.1 Å². The van der Waals surface area contributed by atoms with E-state index in [4.69, 9.17) is 0 Å². The summed E-state index contributed by atoms with van der Waals surface area (Å²) in [6.45, 7) is 0. The first-order valence-corrected chi connectivity index (χ1v) is 24.9. The second-order valence-corrected chi connectivity index (χ2v) is 22.7. The van der Waals surface area contributed by atoms with Crippen LogP contribution in [-0.2, 0) is 0 Å². The van der Waals surface area contributed by atoms with Gasteiger partial charge in [-0.05, 0) is 64.5 Å². The average Bonchev–Trinajstić information content (AvgIpc) is 3.34. The van der Waals surface area contributed by atoms with Crippen molar-refractivity contribution in [3.63, 3.8) is 0 Å². The molecule has 0 aliphatic carbocycles. The Bertz CT molecular complexity index is 2390. The molecule has 0 amide bonds. The van der Waals surface area contributed by atoms with Gasteiger partial charge >= 0.3 is 0 Å². The lowest BCUT2D eigenvalue weighted by molar-refractivity contribution is 1.57. The number of rotatable bonds is 12. The van der Waals surface area contributed by atoms with Crippen LogP contribution in [0.3, 0.4) is 0 Å². The predicted octanol–water partition coefficient (Wildman–Crippen LogP) is 10.5. The molecular formula is C58H46Si2. The SMILES string of the molecule is C(=C\[Si](c1ccccc1)(c1ccccc1)c1ccccc1)/c1ccc(-c2ccc(-c3ccc(/C=C/[Si](c4ccccc4)(c4ccccc4)c4ccccc4)cc3)cc2)cc1. The highest BCUT2D eigenvalue weighted by Gasteiger charge is 2.37. The molecule has 0 saturated carbocycles. The Balaban J connectivity index is 0.959. The zero-order valence-corrected chi connectivity index (χ0v) is 35.6. The molecule has 0 aromatic heterocycles. The van der Waals surface area contributed by atoms with Gasteiger partial charge in [0.2, 0.25) is 0 Å². The maximum atomic E-state index is 2.51. The highest BCUT2D eigenvalue weighted by atomic mass is 28.3. The third-order valence-electron chi connectivity index (χ3n) is 11.8. The van der Waals surface area contributed by atoms with E-state index >= 15 is 0 Å². The number of hydrogen-bond acceptors (Lipinski definition) is 0. The molecule has 0 atom stereocenters. The third-order valence-corrected chi connectivity index (χ3v) is 20.6. The topological polar surface area (TPSA) is 0 Å². The quantitative estimate of drug-likeness (QED) is 0.0853. The maximum absolute atomic E-state index is 2.51. The summed E-state index contributed by atoms with van der Waals surface area (Å²) < 4.78 is 0. The van der Waals surface area contributed by atoms with Gasteiger partial charge < -0.3 is 0 Å². The molecule has 60 heavy (non-hydrogen) atoms. The normalized spacial score (nSPS) is 11.9. The summed E-state index contributed by atoms with van der Waals surface area (Å²) in [4.78, 5) is 0. The summed E-state index contributed by atoms with van der Waals surface area (Å²) in [7, 11) is -4.93. The monoisotopic (exact) mass is 798 g/mol. The van der Waals surface area contributed by atoms with Crippen LogP contribution in [0.5, 0.6) is 0 Å². The number of hydrogen-bond donors (Lipinski definition) is 0. The van der Waals surface area contributed by atoms with Crippen LogP contribution in [0.15, 0.2) is 266 Å². The van der Waals surface area contributed by atoms with Gasteiger partial charge in [-0.25, -0.2) is 0 Å². The molecule has 286 valence electrons. The van der Waals surface area contributed by atoms with Gasteiger partial charge in [-0.3, -0.25) is 0 Å². The van der Waals surface area contributed by atoms with Gasteiger partial charge in [-0.2, -0.15) is 0 Å². The Morgan fingerprint density at radius 3 is 0.583 bits per heavy atom. The molecular weight excluding hydrogens is 753 g/mol. The van der Waals surface area contributed by atoms with Crippen molar-refractivity contribution in [1.29, 1.82) is 0 Å². The van der Waals surface area contributed by atoms with Crippen LogP contribution in [0.25, 0.3) is 34.4 Å². The highest BCUT2D eigenvalue weighted by molar-refractivity contribution is 7.15. The first-order chi connectivity index (χ1) is 29.7. The van der Waals surface area contributed by atoms with Gasteiger partial charge in [0, 0.05) is 0 Å². The molecule has 9 rings (SSSR count). The van der Waals surface area contributed by atoms with Crippen LogP contribution in [0.4, 0.5) is 0 Å². The van der Waals surface area contributed by atoms with E-state index in [1.807, 2.05) is 0 Å². The Labute approximate surface area is 357 Å². The average molecular weight is 799 g/mol. The first-order valence-electron chi connectivity index (χ1n) is 20.7. The van der Waals surface area contributed by atoms with Gasteiger partial charge in [0.05, 0.1) is 0 Å². The zero-order valence-electron chi connectivity index (χ0n) is 33.6. The minimum Gasteiger partial charge on any atom is -0.0812 e. The minimum absolute atomic E-state index is 1.19. The lowest BCUT2D eigenvalue weighted by Gasteiger charge is -2.30. The minimum atomic E-state index is -2.46. The second-order valence-electron chi connectivity index (χ2n) is 15.3. The van der Waals surface area contributed by atoms with Crippen LogP contribution in [0, 0.1) is 0 Å². The van der Waals surface area contributed by atoms with E-state index in [0.717, 1.165) is 0 Å². The zero-order chi connectivity index (χ0) is 40.5. The Hall–Kier alpha value is -7.11. The maximum Gasteiger partial charge on any atom is 0.172 e.